The van der Waals surface area contributed by atoms with Gasteiger partial charge in [-0.1, -0.05) is 35.0 Å². The zero-order chi connectivity index (χ0) is 20.6. The van der Waals surface area contributed by atoms with E-state index in [4.69, 9.17) is 0 Å². The van der Waals surface area contributed by atoms with E-state index >= 15 is 0 Å². The lowest BCUT2D eigenvalue weighted by atomic mass is 10.1. The van der Waals surface area contributed by atoms with Crippen LogP contribution in [0.3, 0.4) is 0 Å². The van der Waals surface area contributed by atoms with Gasteiger partial charge in [0, 0.05) is 23.5 Å². The van der Waals surface area contributed by atoms with Crippen LogP contribution in [-0.4, -0.2) is 32.4 Å². The van der Waals surface area contributed by atoms with E-state index in [1.807, 2.05) is 0 Å². The topological polar surface area (TPSA) is 114 Å². The van der Waals surface area contributed by atoms with Crippen LogP contribution in [0.5, 0.6) is 0 Å². The summed E-state index contributed by atoms with van der Waals surface area (Å²) in [6, 6.07) is 12.9. The van der Waals surface area contributed by atoms with Gasteiger partial charge in [-0.25, -0.2) is 9.11 Å². The van der Waals surface area contributed by atoms with Crippen molar-refractivity contribution in [1.82, 2.24) is 15.0 Å². The Bertz CT molecular complexity index is 1140. The Morgan fingerprint density at radius 2 is 1.86 bits per heavy atom. The van der Waals surface area contributed by atoms with Gasteiger partial charge >= 0.3 is 0 Å². The Morgan fingerprint density at radius 1 is 1.10 bits per heavy atom. The number of carbonyl (C=O) groups is 2. The van der Waals surface area contributed by atoms with Gasteiger partial charge in [0.25, 0.3) is 11.8 Å². The molecule has 3 aromatic rings. The lowest BCUT2D eigenvalue weighted by Gasteiger charge is -2.29. The number of H-pyrrole nitrogens is 1. The lowest BCUT2D eigenvalue weighted by Crippen LogP contribution is -2.25. The van der Waals surface area contributed by atoms with E-state index in [1.165, 1.54) is 18.2 Å². The Hall–Kier alpha value is -3.14. The van der Waals surface area contributed by atoms with Crippen LogP contribution < -0.4 is 10.0 Å². The van der Waals surface area contributed by atoms with Gasteiger partial charge in [0.1, 0.15) is 11.5 Å². The molecule has 0 radical (unpaired) electrons. The second-order valence-corrected chi connectivity index (χ2v) is 8.38. The fourth-order valence-electron chi connectivity index (χ4n) is 3.15. The van der Waals surface area contributed by atoms with Crippen LogP contribution in [0.4, 0.5) is 4.39 Å². The molecule has 4 rings (SSSR count). The molecule has 0 bridgehead atoms. The van der Waals surface area contributed by atoms with Gasteiger partial charge in [-0.3, -0.25) is 18.7 Å². The summed E-state index contributed by atoms with van der Waals surface area (Å²) in [4.78, 5) is 26.8. The molecular weight excluding hydrogens is 397 g/mol. The first kappa shape index (κ1) is 19.2. The summed E-state index contributed by atoms with van der Waals surface area (Å²) in [5, 5.41) is 3.44. The number of nitrogens with one attached hydrogen (secondary N) is 3. The van der Waals surface area contributed by atoms with Gasteiger partial charge in [-0.15, -0.1) is 0 Å². The van der Waals surface area contributed by atoms with E-state index < -0.39 is 16.7 Å². The molecule has 2 aromatic carbocycles. The van der Waals surface area contributed by atoms with Crippen molar-refractivity contribution in [3.8, 4) is 0 Å². The third-order valence-corrected chi connectivity index (χ3v) is 6.03. The Morgan fingerprint density at radius 3 is 2.55 bits per heavy atom. The summed E-state index contributed by atoms with van der Waals surface area (Å²) in [6.07, 6.45) is 1.74. The smallest absolute Gasteiger partial charge is 0.267 e. The number of carbonyl (C=O) groups excluding carboxylic acids is 2. The maximum absolute atomic E-state index is 13.3. The highest BCUT2D eigenvalue weighted by atomic mass is 32.3. The van der Waals surface area contributed by atoms with Crippen LogP contribution >= 0.6 is 10.8 Å². The van der Waals surface area contributed by atoms with E-state index in [0.717, 1.165) is 5.56 Å². The van der Waals surface area contributed by atoms with Crippen molar-refractivity contribution < 1.29 is 23.1 Å². The quantitative estimate of drug-likeness (QED) is 0.439. The molecule has 0 fully saturated rings. The maximum atomic E-state index is 13.3. The number of aromatic amines is 1. The number of hydrogen-bond acceptors (Lipinski definition) is 4. The molecule has 1 aliphatic heterocycles. The predicted octanol–water partition coefficient (Wildman–Crippen LogP) is 3.42. The zero-order valence-electron chi connectivity index (χ0n) is 15.1. The highest BCUT2D eigenvalue weighted by molar-refractivity contribution is 8.31. The average molecular weight is 415 g/mol. The largest absolute Gasteiger partial charge is 0.351 e. The molecule has 2 heterocycles. The van der Waals surface area contributed by atoms with Crippen LogP contribution in [0.2, 0.25) is 0 Å². The molecular formula is C20H18FN3O4S. The van der Waals surface area contributed by atoms with E-state index in [9.17, 15) is 23.1 Å². The molecule has 7 nitrogen and oxygen atoms in total. The SMILES string of the molecule is O=C1C=C(c2ccc(CCNC(=O)c3cc4cc(F)ccc4[nH]3)cc2)S(O)(O)N1. The Kier molecular flexibility index (Phi) is 4.87. The van der Waals surface area contributed by atoms with Crippen molar-refractivity contribution in [3.05, 3.63) is 77.2 Å². The van der Waals surface area contributed by atoms with Crippen LogP contribution in [0.1, 0.15) is 21.6 Å². The minimum atomic E-state index is -3.30. The fourth-order valence-corrected chi connectivity index (χ4v) is 4.34. The number of rotatable bonds is 5. The van der Waals surface area contributed by atoms with Crippen molar-refractivity contribution >= 4 is 38.4 Å². The third-order valence-electron chi connectivity index (χ3n) is 4.58. The molecule has 5 N–H and O–H groups in total. The second kappa shape index (κ2) is 7.36. The van der Waals surface area contributed by atoms with Crippen molar-refractivity contribution in [2.45, 2.75) is 6.42 Å². The molecule has 0 saturated carbocycles. The maximum Gasteiger partial charge on any atom is 0.267 e. The Balaban J connectivity index is 1.36. The first-order chi connectivity index (χ1) is 13.8. The summed E-state index contributed by atoms with van der Waals surface area (Å²) < 4.78 is 35.2. The number of aromatic nitrogens is 1. The predicted molar refractivity (Wildman–Crippen MR) is 110 cm³/mol. The van der Waals surface area contributed by atoms with E-state index in [2.05, 4.69) is 15.0 Å². The van der Waals surface area contributed by atoms with Crippen LogP contribution in [-0.2, 0) is 11.2 Å². The number of halogens is 1. The van der Waals surface area contributed by atoms with E-state index in [0.29, 0.717) is 35.1 Å². The zero-order valence-corrected chi connectivity index (χ0v) is 15.9. The summed E-state index contributed by atoms with van der Waals surface area (Å²) in [5.41, 5.74) is 2.52. The molecule has 150 valence electrons. The molecule has 2 amide bonds. The summed E-state index contributed by atoms with van der Waals surface area (Å²) >= 11 is 0. The standard InChI is InChI=1S/C20H18FN3O4S/c21-15-5-6-16-14(9-15)10-17(23-16)20(26)22-8-7-12-1-3-13(4-2-12)18-11-19(25)24-29(18,27)28/h1-6,9-11,23,27-28H,7-8H2,(H,22,26)(H,24,25). The van der Waals surface area contributed by atoms with Crippen LogP contribution in [0.15, 0.2) is 54.6 Å². The molecule has 9 heteroatoms. The van der Waals surface area contributed by atoms with Crippen molar-refractivity contribution in [2.75, 3.05) is 6.54 Å². The van der Waals surface area contributed by atoms with Gasteiger partial charge in [0.2, 0.25) is 0 Å². The molecule has 0 saturated heterocycles. The minimum absolute atomic E-state index is 0.164. The van der Waals surface area contributed by atoms with Gasteiger partial charge in [0.15, 0.2) is 0 Å². The highest BCUT2D eigenvalue weighted by Gasteiger charge is 2.29. The van der Waals surface area contributed by atoms with Gasteiger partial charge in [-0.05, 0) is 41.8 Å². The van der Waals surface area contributed by atoms with Crippen molar-refractivity contribution in [2.24, 2.45) is 0 Å². The van der Waals surface area contributed by atoms with Crippen LogP contribution in [0, 0.1) is 5.82 Å². The first-order valence-corrected chi connectivity index (χ1v) is 10.3. The molecule has 29 heavy (non-hydrogen) atoms. The number of benzene rings is 2. The number of hydrogen-bond donors (Lipinski definition) is 5. The van der Waals surface area contributed by atoms with Crippen molar-refractivity contribution in [3.63, 3.8) is 0 Å². The highest BCUT2D eigenvalue weighted by Crippen LogP contribution is 2.52. The second-order valence-electron chi connectivity index (χ2n) is 6.64. The molecule has 0 unspecified atom stereocenters. The minimum Gasteiger partial charge on any atom is -0.351 e. The average Bonchev–Trinajstić information content (AvgIpc) is 3.21. The number of fused-ring (bicyclic) bond motifs is 1. The fraction of sp³-hybridized carbons (Fsp3) is 0.100. The Labute approximate surface area is 167 Å². The normalized spacial score (nSPS) is 16.4. The third kappa shape index (κ3) is 4.02. The molecule has 1 aromatic heterocycles. The summed E-state index contributed by atoms with van der Waals surface area (Å²) in [6.45, 7) is 0.389. The first-order valence-electron chi connectivity index (χ1n) is 8.79. The summed E-state index contributed by atoms with van der Waals surface area (Å²) in [5.74, 6) is -1.18. The van der Waals surface area contributed by atoms with Gasteiger partial charge < -0.3 is 10.3 Å². The molecule has 0 aliphatic carbocycles. The summed E-state index contributed by atoms with van der Waals surface area (Å²) in [7, 11) is -3.30. The van der Waals surface area contributed by atoms with Crippen LogP contribution in [0.25, 0.3) is 15.8 Å². The number of amides is 2. The molecule has 0 atom stereocenters. The van der Waals surface area contributed by atoms with E-state index in [1.54, 1.807) is 36.4 Å². The van der Waals surface area contributed by atoms with E-state index in [-0.39, 0.29) is 16.6 Å². The van der Waals surface area contributed by atoms with Gasteiger partial charge in [0.05, 0.1) is 4.91 Å². The molecule has 0 spiro atoms. The lowest BCUT2D eigenvalue weighted by molar-refractivity contribution is -0.114. The monoisotopic (exact) mass is 415 g/mol. The van der Waals surface area contributed by atoms with Crippen molar-refractivity contribution in [1.29, 1.82) is 0 Å². The molecule has 1 aliphatic rings. The van der Waals surface area contributed by atoms with Gasteiger partial charge in [-0.2, -0.15) is 0 Å².